The fourth-order valence-electron chi connectivity index (χ4n) is 1.41. The van der Waals surface area contributed by atoms with Gasteiger partial charge in [-0.25, -0.2) is 0 Å². The van der Waals surface area contributed by atoms with Crippen LogP contribution in [0.5, 0.6) is 0 Å². The lowest BCUT2D eigenvalue weighted by atomic mass is 10.2. The molecule has 0 spiro atoms. The molecule has 0 aliphatic heterocycles. The molecule has 0 saturated heterocycles. The quantitative estimate of drug-likeness (QED) is 0.795. The number of aromatic nitrogens is 2. The van der Waals surface area contributed by atoms with E-state index in [0.29, 0.717) is 13.1 Å². The Kier molecular flexibility index (Phi) is 2.86. The summed E-state index contributed by atoms with van der Waals surface area (Å²) in [6.07, 6.45) is 7.15. The molecule has 2 N–H and O–H groups in total. The zero-order chi connectivity index (χ0) is 10.7. The zero-order valence-electron chi connectivity index (χ0n) is 8.18. The van der Waals surface area contributed by atoms with E-state index >= 15 is 0 Å². The van der Waals surface area contributed by atoms with E-state index < -0.39 is 0 Å². The van der Waals surface area contributed by atoms with Crippen LogP contribution in [0.2, 0.25) is 0 Å². The van der Waals surface area contributed by atoms with Gasteiger partial charge >= 0.3 is 0 Å². The molecule has 0 amide bonds. The maximum Gasteiger partial charge on any atom is 0.107 e. The van der Waals surface area contributed by atoms with Crippen LogP contribution in [0.25, 0.3) is 10.6 Å². The van der Waals surface area contributed by atoms with Gasteiger partial charge in [0.1, 0.15) is 12.2 Å². The first-order chi connectivity index (χ1) is 7.35. The van der Waals surface area contributed by atoms with Gasteiger partial charge in [-0.2, -0.15) is 5.10 Å². The second-order valence-electron chi connectivity index (χ2n) is 3.09. The molecule has 0 atom stereocenters. The Morgan fingerprint density at radius 2 is 2.47 bits per heavy atom. The first-order valence-corrected chi connectivity index (χ1v) is 5.47. The highest BCUT2D eigenvalue weighted by Crippen LogP contribution is 2.26. The van der Waals surface area contributed by atoms with Crippen molar-refractivity contribution in [2.75, 3.05) is 0 Å². The third-order valence-corrected chi connectivity index (χ3v) is 2.94. The Labute approximate surface area is 92.5 Å². The highest BCUT2D eigenvalue weighted by atomic mass is 32.1. The minimum absolute atomic E-state index is 0.484. The lowest BCUT2D eigenvalue weighted by Crippen LogP contribution is -1.96. The Morgan fingerprint density at radius 3 is 3.07 bits per heavy atom. The zero-order valence-corrected chi connectivity index (χ0v) is 9.00. The molecule has 0 fully saturated rings. The smallest absolute Gasteiger partial charge is 0.107 e. The Bertz CT molecular complexity index is 476. The molecule has 76 valence electrons. The predicted molar refractivity (Wildman–Crippen MR) is 62.3 cm³/mol. The van der Waals surface area contributed by atoms with Crippen molar-refractivity contribution in [2.45, 2.75) is 13.1 Å². The molecule has 3 nitrogen and oxygen atoms in total. The number of terminal acetylenes is 1. The lowest BCUT2D eigenvalue weighted by molar-refractivity contribution is 0.717. The second-order valence-corrected chi connectivity index (χ2v) is 4.03. The molecule has 15 heavy (non-hydrogen) atoms. The van der Waals surface area contributed by atoms with Crippen molar-refractivity contribution in [3.8, 4) is 22.9 Å². The summed E-state index contributed by atoms with van der Waals surface area (Å²) in [5.41, 5.74) is 7.65. The van der Waals surface area contributed by atoms with E-state index in [9.17, 15) is 0 Å². The van der Waals surface area contributed by atoms with Gasteiger partial charge in [0.25, 0.3) is 0 Å². The van der Waals surface area contributed by atoms with Crippen LogP contribution in [0.4, 0.5) is 0 Å². The van der Waals surface area contributed by atoms with Gasteiger partial charge in [-0.3, -0.25) is 4.68 Å². The summed E-state index contributed by atoms with van der Waals surface area (Å²) < 4.78 is 1.75. The van der Waals surface area contributed by atoms with Crippen LogP contribution in [0.15, 0.2) is 23.7 Å². The number of thiophene rings is 1. The Balaban J connectivity index is 2.42. The molecule has 0 aliphatic rings. The average molecular weight is 217 g/mol. The fourth-order valence-corrected chi connectivity index (χ4v) is 2.15. The first-order valence-electron chi connectivity index (χ1n) is 4.59. The summed E-state index contributed by atoms with van der Waals surface area (Å²) in [4.78, 5) is 1.13. The highest BCUT2D eigenvalue weighted by Gasteiger charge is 2.09. The lowest BCUT2D eigenvalue weighted by Gasteiger charge is -1.93. The minimum Gasteiger partial charge on any atom is -0.326 e. The molecule has 0 unspecified atom stereocenters. The van der Waals surface area contributed by atoms with Crippen molar-refractivity contribution in [3.63, 3.8) is 0 Å². The van der Waals surface area contributed by atoms with Crippen molar-refractivity contribution < 1.29 is 0 Å². The molecule has 0 radical (unpaired) electrons. The van der Waals surface area contributed by atoms with Gasteiger partial charge in [0, 0.05) is 18.3 Å². The van der Waals surface area contributed by atoms with Crippen LogP contribution < -0.4 is 5.73 Å². The summed E-state index contributed by atoms with van der Waals surface area (Å²) in [5.74, 6) is 2.56. The van der Waals surface area contributed by atoms with E-state index in [4.69, 9.17) is 12.2 Å². The molecular weight excluding hydrogens is 206 g/mol. The molecule has 0 bridgehead atoms. The Morgan fingerprint density at radius 1 is 1.60 bits per heavy atom. The largest absolute Gasteiger partial charge is 0.326 e. The van der Waals surface area contributed by atoms with Crippen LogP contribution in [-0.4, -0.2) is 9.78 Å². The maximum absolute atomic E-state index is 5.67. The first kappa shape index (κ1) is 9.97. The van der Waals surface area contributed by atoms with Crippen LogP contribution in [0.1, 0.15) is 5.56 Å². The summed E-state index contributed by atoms with van der Waals surface area (Å²) in [6.45, 7) is 0.968. The van der Waals surface area contributed by atoms with Crippen molar-refractivity contribution in [3.05, 3.63) is 29.3 Å². The molecule has 0 aromatic carbocycles. The third-order valence-electron chi connectivity index (χ3n) is 2.07. The van der Waals surface area contributed by atoms with Gasteiger partial charge in [0.05, 0.1) is 4.88 Å². The molecular formula is C11H11N3S. The molecule has 0 aliphatic carbocycles. The maximum atomic E-state index is 5.67. The van der Waals surface area contributed by atoms with E-state index in [-0.39, 0.29) is 0 Å². The summed E-state index contributed by atoms with van der Waals surface area (Å²) in [5, 5.41) is 6.44. The monoisotopic (exact) mass is 217 g/mol. The average Bonchev–Trinajstić information content (AvgIpc) is 2.84. The molecule has 2 aromatic rings. The van der Waals surface area contributed by atoms with Crippen LogP contribution in [0.3, 0.4) is 0 Å². The second kappa shape index (κ2) is 4.30. The van der Waals surface area contributed by atoms with E-state index in [1.54, 1.807) is 16.0 Å². The van der Waals surface area contributed by atoms with Gasteiger partial charge in [0.15, 0.2) is 0 Å². The van der Waals surface area contributed by atoms with Gasteiger partial charge in [-0.1, -0.05) is 12.0 Å². The van der Waals surface area contributed by atoms with E-state index in [0.717, 1.165) is 16.1 Å². The topological polar surface area (TPSA) is 43.8 Å². The normalized spacial score (nSPS) is 10.1. The summed E-state index contributed by atoms with van der Waals surface area (Å²) >= 11 is 1.65. The third kappa shape index (κ3) is 1.94. The van der Waals surface area contributed by atoms with Gasteiger partial charge in [-0.15, -0.1) is 17.8 Å². The summed E-state index contributed by atoms with van der Waals surface area (Å²) in [6, 6.07) is 4.03. The highest BCUT2D eigenvalue weighted by molar-refractivity contribution is 7.13. The van der Waals surface area contributed by atoms with Crippen LogP contribution in [-0.2, 0) is 13.1 Å². The number of nitrogens with two attached hydrogens (primary N) is 1. The van der Waals surface area contributed by atoms with Gasteiger partial charge < -0.3 is 5.73 Å². The minimum atomic E-state index is 0.484. The molecule has 2 rings (SSSR count). The van der Waals surface area contributed by atoms with E-state index in [2.05, 4.69) is 11.0 Å². The summed E-state index contributed by atoms with van der Waals surface area (Å²) in [7, 11) is 0. The fraction of sp³-hybridized carbons (Fsp3) is 0.182. The van der Waals surface area contributed by atoms with E-state index in [1.807, 2.05) is 23.7 Å². The Hall–Kier alpha value is -1.57. The number of nitrogens with zero attached hydrogens (tertiary/aromatic N) is 2. The van der Waals surface area contributed by atoms with Gasteiger partial charge in [-0.05, 0) is 11.4 Å². The standard InChI is InChI=1S/C11H11N3S/c1-2-5-14-8-9(7-12)11(13-14)10-4-3-6-15-10/h1,3-4,6,8H,5,7,12H2. The van der Waals surface area contributed by atoms with Crippen molar-refractivity contribution in [1.82, 2.24) is 9.78 Å². The predicted octanol–water partition coefficient (Wildman–Crippen LogP) is 1.70. The molecule has 2 heterocycles. The van der Waals surface area contributed by atoms with Gasteiger partial charge in [0.2, 0.25) is 0 Å². The molecule has 0 saturated carbocycles. The van der Waals surface area contributed by atoms with Crippen molar-refractivity contribution in [2.24, 2.45) is 5.73 Å². The SMILES string of the molecule is C#CCn1cc(CN)c(-c2cccs2)n1. The van der Waals surface area contributed by atoms with Crippen molar-refractivity contribution >= 4 is 11.3 Å². The number of hydrogen-bond acceptors (Lipinski definition) is 3. The van der Waals surface area contributed by atoms with Crippen LogP contribution >= 0.6 is 11.3 Å². The molecule has 4 heteroatoms. The van der Waals surface area contributed by atoms with Crippen LogP contribution in [0, 0.1) is 12.3 Å². The number of hydrogen-bond donors (Lipinski definition) is 1. The molecule has 2 aromatic heterocycles. The van der Waals surface area contributed by atoms with Crippen molar-refractivity contribution in [1.29, 1.82) is 0 Å². The van der Waals surface area contributed by atoms with E-state index in [1.165, 1.54) is 0 Å². The number of rotatable bonds is 3.